The maximum Gasteiger partial charge on any atom is 0.234 e. The van der Waals surface area contributed by atoms with Crippen molar-refractivity contribution in [2.24, 2.45) is 0 Å². The molecular formula is C18H23ClN4O. The van der Waals surface area contributed by atoms with Gasteiger partial charge in [-0.1, -0.05) is 30.7 Å². The Morgan fingerprint density at radius 1 is 1.42 bits per heavy atom. The molecule has 1 aromatic heterocycles. The highest BCUT2D eigenvalue weighted by Gasteiger charge is 2.21. The molecule has 0 fully saturated rings. The molecule has 2 heterocycles. The van der Waals surface area contributed by atoms with E-state index in [2.05, 4.69) is 26.7 Å². The molecule has 0 aliphatic carbocycles. The van der Waals surface area contributed by atoms with Crippen LogP contribution in [0.5, 0.6) is 0 Å². The molecule has 1 atom stereocenters. The highest BCUT2D eigenvalue weighted by molar-refractivity contribution is 6.30. The first-order valence-corrected chi connectivity index (χ1v) is 8.78. The Hall–Kier alpha value is -1.85. The molecule has 0 unspecified atom stereocenters. The number of carbonyl (C=O) groups excluding carboxylic acids is 1. The van der Waals surface area contributed by atoms with Gasteiger partial charge in [-0.25, -0.2) is 4.98 Å². The number of nitrogens with zero attached hydrogens (tertiary/aromatic N) is 3. The third-order valence-corrected chi connectivity index (χ3v) is 4.69. The van der Waals surface area contributed by atoms with E-state index >= 15 is 0 Å². The number of hydrogen-bond acceptors (Lipinski definition) is 3. The molecule has 1 N–H and O–H groups in total. The molecule has 0 saturated heterocycles. The molecule has 128 valence electrons. The molecule has 0 saturated carbocycles. The van der Waals surface area contributed by atoms with E-state index in [1.54, 1.807) is 0 Å². The molecule has 1 aromatic carbocycles. The van der Waals surface area contributed by atoms with Gasteiger partial charge in [-0.15, -0.1) is 0 Å². The van der Waals surface area contributed by atoms with Gasteiger partial charge in [0.05, 0.1) is 6.54 Å². The maximum absolute atomic E-state index is 12.4. The lowest BCUT2D eigenvalue weighted by Crippen LogP contribution is -2.45. The van der Waals surface area contributed by atoms with Gasteiger partial charge in [-0.05, 0) is 30.7 Å². The first-order chi connectivity index (χ1) is 11.6. The van der Waals surface area contributed by atoms with Crippen molar-refractivity contribution >= 4 is 17.5 Å². The highest BCUT2D eigenvalue weighted by Crippen LogP contribution is 2.14. The lowest BCUT2D eigenvalue weighted by atomic mass is 10.1. The van der Waals surface area contributed by atoms with E-state index in [4.69, 9.17) is 11.6 Å². The lowest BCUT2D eigenvalue weighted by Gasteiger charge is -2.26. The summed E-state index contributed by atoms with van der Waals surface area (Å²) in [4.78, 5) is 18.8. The molecule has 0 radical (unpaired) electrons. The number of benzene rings is 1. The number of nitrogens with one attached hydrogen (secondary N) is 1. The largest absolute Gasteiger partial charge is 0.350 e. The van der Waals surface area contributed by atoms with Gasteiger partial charge in [0.2, 0.25) is 5.91 Å². The first kappa shape index (κ1) is 17.0. The fraction of sp³-hybridized carbons (Fsp3) is 0.444. The van der Waals surface area contributed by atoms with Crippen LogP contribution in [0.25, 0.3) is 0 Å². The zero-order valence-corrected chi connectivity index (χ0v) is 14.7. The van der Waals surface area contributed by atoms with Gasteiger partial charge in [0.15, 0.2) is 0 Å². The molecular weight excluding hydrogens is 324 g/mol. The number of imidazole rings is 1. The topological polar surface area (TPSA) is 50.2 Å². The Morgan fingerprint density at radius 3 is 2.96 bits per heavy atom. The van der Waals surface area contributed by atoms with Crippen molar-refractivity contribution < 1.29 is 4.79 Å². The Labute approximate surface area is 147 Å². The van der Waals surface area contributed by atoms with Crippen LogP contribution in [-0.2, 0) is 24.3 Å². The van der Waals surface area contributed by atoms with Gasteiger partial charge < -0.3 is 9.88 Å². The predicted molar refractivity (Wildman–Crippen MR) is 94.9 cm³/mol. The molecule has 0 bridgehead atoms. The number of aromatic nitrogens is 2. The van der Waals surface area contributed by atoms with Crippen molar-refractivity contribution in [2.45, 2.75) is 38.9 Å². The third-order valence-electron chi connectivity index (χ3n) is 4.43. The van der Waals surface area contributed by atoms with Gasteiger partial charge in [-0.3, -0.25) is 9.69 Å². The fourth-order valence-corrected chi connectivity index (χ4v) is 3.21. The molecule has 3 rings (SSSR count). The SMILES string of the molecule is CCN(CC(=O)N[C@@H]1CCc2nccn2C1)Cc1ccc(Cl)cc1. The second-order valence-corrected chi connectivity index (χ2v) is 6.67. The Bertz CT molecular complexity index is 683. The summed E-state index contributed by atoms with van der Waals surface area (Å²) in [7, 11) is 0. The van der Waals surface area contributed by atoms with E-state index in [9.17, 15) is 4.79 Å². The lowest BCUT2D eigenvalue weighted by molar-refractivity contribution is -0.123. The van der Waals surface area contributed by atoms with Crippen molar-refractivity contribution in [3.63, 3.8) is 0 Å². The summed E-state index contributed by atoms with van der Waals surface area (Å²) in [5.74, 6) is 1.19. The zero-order chi connectivity index (χ0) is 16.9. The summed E-state index contributed by atoms with van der Waals surface area (Å²) < 4.78 is 2.12. The number of hydrogen-bond donors (Lipinski definition) is 1. The summed E-state index contributed by atoms with van der Waals surface area (Å²) >= 11 is 5.92. The van der Waals surface area contributed by atoms with E-state index in [1.165, 1.54) is 0 Å². The van der Waals surface area contributed by atoms with Crippen LogP contribution in [0.1, 0.15) is 24.7 Å². The number of halogens is 1. The van der Waals surface area contributed by atoms with Gasteiger partial charge >= 0.3 is 0 Å². The highest BCUT2D eigenvalue weighted by atomic mass is 35.5. The van der Waals surface area contributed by atoms with Gasteiger partial charge in [-0.2, -0.15) is 0 Å². The molecule has 1 aliphatic rings. The molecule has 2 aromatic rings. The number of fused-ring (bicyclic) bond motifs is 1. The van der Waals surface area contributed by atoms with E-state index in [1.807, 2.05) is 36.7 Å². The van der Waals surface area contributed by atoms with Gasteiger partial charge in [0, 0.05) is 43.0 Å². The smallest absolute Gasteiger partial charge is 0.234 e. The van der Waals surface area contributed by atoms with Crippen LogP contribution in [0, 0.1) is 0 Å². The molecule has 5 nitrogen and oxygen atoms in total. The van der Waals surface area contributed by atoms with Crippen molar-refractivity contribution in [3.05, 3.63) is 53.1 Å². The predicted octanol–water partition coefficient (Wildman–Crippen LogP) is 2.49. The van der Waals surface area contributed by atoms with Gasteiger partial charge in [0.25, 0.3) is 0 Å². The number of carbonyl (C=O) groups is 1. The molecule has 0 spiro atoms. The third kappa shape index (κ3) is 4.36. The Kier molecular flexibility index (Phi) is 5.53. The van der Waals surface area contributed by atoms with Crippen molar-refractivity contribution in [1.82, 2.24) is 19.8 Å². The van der Waals surface area contributed by atoms with Crippen LogP contribution in [-0.4, -0.2) is 39.5 Å². The van der Waals surface area contributed by atoms with Crippen LogP contribution < -0.4 is 5.32 Å². The van der Waals surface area contributed by atoms with E-state index < -0.39 is 0 Å². The van der Waals surface area contributed by atoms with Crippen molar-refractivity contribution in [2.75, 3.05) is 13.1 Å². The fourth-order valence-electron chi connectivity index (χ4n) is 3.09. The second kappa shape index (κ2) is 7.81. The van der Waals surface area contributed by atoms with Crippen LogP contribution in [0.4, 0.5) is 0 Å². The van der Waals surface area contributed by atoms with Crippen LogP contribution >= 0.6 is 11.6 Å². The van der Waals surface area contributed by atoms with E-state index in [0.29, 0.717) is 6.54 Å². The number of likely N-dealkylation sites (N-methyl/N-ethyl adjacent to an activating group) is 1. The summed E-state index contributed by atoms with van der Waals surface area (Å²) in [5, 5.41) is 3.89. The molecule has 6 heteroatoms. The zero-order valence-electron chi connectivity index (χ0n) is 13.9. The number of amides is 1. The summed E-state index contributed by atoms with van der Waals surface area (Å²) in [5.41, 5.74) is 1.16. The van der Waals surface area contributed by atoms with Crippen molar-refractivity contribution in [1.29, 1.82) is 0 Å². The minimum Gasteiger partial charge on any atom is -0.350 e. The summed E-state index contributed by atoms with van der Waals surface area (Å²) in [6, 6.07) is 7.97. The van der Waals surface area contributed by atoms with Crippen LogP contribution in [0.3, 0.4) is 0 Å². The number of aryl methyl sites for hydroxylation is 1. The second-order valence-electron chi connectivity index (χ2n) is 6.23. The van der Waals surface area contributed by atoms with E-state index in [-0.39, 0.29) is 11.9 Å². The Balaban J connectivity index is 1.50. The Morgan fingerprint density at radius 2 is 2.21 bits per heavy atom. The maximum atomic E-state index is 12.4. The van der Waals surface area contributed by atoms with Crippen molar-refractivity contribution in [3.8, 4) is 0 Å². The normalized spacial score (nSPS) is 16.9. The molecule has 24 heavy (non-hydrogen) atoms. The van der Waals surface area contributed by atoms with Gasteiger partial charge in [0.1, 0.15) is 5.82 Å². The average Bonchev–Trinajstić information content (AvgIpc) is 3.04. The quantitative estimate of drug-likeness (QED) is 0.874. The first-order valence-electron chi connectivity index (χ1n) is 8.40. The van der Waals surface area contributed by atoms with E-state index in [0.717, 1.165) is 48.9 Å². The van der Waals surface area contributed by atoms with Crippen LogP contribution in [0.2, 0.25) is 5.02 Å². The summed E-state index contributed by atoms with van der Waals surface area (Å²) in [6.07, 6.45) is 5.67. The average molecular weight is 347 g/mol. The minimum atomic E-state index is 0.0828. The number of rotatable bonds is 6. The minimum absolute atomic E-state index is 0.0828. The van der Waals surface area contributed by atoms with Crippen LogP contribution in [0.15, 0.2) is 36.7 Å². The standard InChI is InChI=1S/C18H23ClN4O/c1-2-22(11-14-3-5-15(19)6-4-14)13-18(24)21-16-7-8-17-20-9-10-23(17)12-16/h3-6,9-10,16H,2,7-8,11-13H2,1H3,(H,21,24)/t16-/m1/s1. The monoisotopic (exact) mass is 346 g/mol. The molecule has 1 aliphatic heterocycles. The molecule has 1 amide bonds. The summed E-state index contributed by atoms with van der Waals surface area (Å²) in [6.45, 7) is 4.86.